The predicted molar refractivity (Wildman–Crippen MR) is 86.0 cm³/mol. The number of hydrogen-bond donors (Lipinski definition) is 0. The maximum Gasteiger partial charge on any atom is 0.277 e. The molecule has 1 amide bonds. The molecule has 0 bridgehead atoms. The predicted octanol–water partition coefficient (Wildman–Crippen LogP) is 1.46. The average molecular weight is 359 g/mol. The molecular weight excluding hydrogens is 338 g/mol. The summed E-state index contributed by atoms with van der Waals surface area (Å²) in [6.07, 6.45) is 2.69. The summed E-state index contributed by atoms with van der Waals surface area (Å²) in [5.74, 6) is 1.19. The molecule has 9 heteroatoms. The molecule has 2 heterocycles. The first kappa shape index (κ1) is 16.8. The third-order valence-electron chi connectivity index (χ3n) is 4.25. The van der Waals surface area contributed by atoms with Gasteiger partial charge in [0.15, 0.2) is 9.84 Å². The number of sulfone groups is 1. The molecule has 0 aromatic carbocycles. The van der Waals surface area contributed by atoms with Crippen LogP contribution in [0.1, 0.15) is 44.9 Å². The molecule has 2 fully saturated rings. The Kier molecular flexibility index (Phi) is 4.68. The Hall–Kier alpha value is -1.09. The highest BCUT2D eigenvalue weighted by Gasteiger charge is 2.36. The van der Waals surface area contributed by atoms with Crippen molar-refractivity contribution >= 4 is 27.5 Å². The zero-order valence-electron chi connectivity index (χ0n) is 13.3. The van der Waals surface area contributed by atoms with Crippen LogP contribution in [-0.2, 0) is 14.6 Å². The largest absolute Gasteiger partial charge is 0.416 e. The summed E-state index contributed by atoms with van der Waals surface area (Å²) in [6.45, 7) is 4.17. The molecule has 7 nitrogen and oxygen atoms in total. The van der Waals surface area contributed by atoms with Crippen LogP contribution in [0.5, 0.6) is 0 Å². The molecule has 0 N–H and O–H groups in total. The van der Waals surface area contributed by atoms with Gasteiger partial charge in [-0.2, -0.15) is 0 Å². The number of hydrogen-bond acceptors (Lipinski definition) is 7. The number of carbonyl (C=O) groups is 1. The van der Waals surface area contributed by atoms with Gasteiger partial charge >= 0.3 is 0 Å². The maximum absolute atomic E-state index is 12.7. The van der Waals surface area contributed by atoms with Crippen molar-refractivity contribution in [3.63, 3.8) is 0 Å². The smallest absolute Gasteiger partial charge is 0.277 e. The highest BCUT2D eigenvalue weighted by Crippen LogP contribution is 2.40. The van der Waals surface area contributed by atoms with E-state index in [0.717, 1.165) is 12.8 Å². The first-order valence-electron chi connectivity index (χ1n) is 7.90. The third-order valence-corrected chi connectivity index (χ3v) is 6.92. The van der Waals surface area contributed by atoms with Crippen molar-refractivity contribution in [2.24, 2.45) is 0 Å². The Bertz CT molecular complexity index is 684. The molecule has 1 saturated carbocycles. The van der Waals surface area contributed by atoms with Crippen LogP contribution < -0.4 is 0 Å². The van der Waals surface area contributed by atoms with Gasteiger partial charge in [-0.3, -0.25) is 4.79 Å². The van der Waals surface area contributed by atoms with Gasteiger partial charge in [0.1, 0.15) is 0 Å². The van der Waals surface area contributed by atoms with Crippen molar-refractivity contribution < 1.29 is 17.6 Å². The van der Waals surface area contributed by atoms with Gasteiger partial charge in [-0.1, -0.05) is 11.8 Å². The van der Waals surface area contributed by atoms with Gasteiger partial charge in [-0.25, -0.2) is 8.42 Å². The quantitative estimate of drug-likeness (QED) is 0.710. The number of nitrogens with zero attached hydrogens (tertiary/aromatic N) is 3. The van der Waals surface area contributed by atoms with Gasteiger partial charge in [-0.15, -0.1) is 10.2 Å². The lowest BCUT2D eigenvalue weighted by molar-refractivity contribution is -0.131. The molecule has 2 atom stereocenters. The van der Waals surface area contributed by atoms with E-state index in [1.807, 2.05) is 6.92 Å². The lowest BCUT2D eigenvalue weighted by Gasteiger charge is -2.28. The van der Waals surface area contributed by atoms with Crippen molar-refractivity contribution in [1.82, 2.24) is 15.1 Å². The van der Waals surface area contributed by atoms with Crippen LogP contribution in [0.15, 0.2) is 9.64 Å². The first-order valence-corrected chi connectivity index (χ1v) is 10.6. The minimum absolute atomic E-state index is 0.0658. The second kappa shape index (κ2) is 6.43. The maximum atomic E-state index is 12.7. The van der Waals surface area contributed by atoms with Crippen molar-refractivity contribution in [2.45, 2.75) is 55.5 Å². The fraction of sp³-hybridized carbons (Fsp3) is 0.786. The Balaban J connectivity index is 1.62. The van der Waals surface area contributed by atoms with Crippen LogP contribution in [0, 0.1) is 0 Å². The summed E-state index contributed by atoms with van der Waals surface area (Å²) in [7, 11) is -3.01. The SMILES string of the molecule is CCN(C(=O)C(C)Sc1nnc(C2CC2)o1)C1CCS(=O)(=O)C1. The second-order valence-electron chi connectivity index (χ2n) is 6.12. The van der Waals surface area contributed by atoms with Gasteiger partial charge in [0, 0.05) is 18.5 Å². The molecule has 128 valence electrons. The molecule has 0 radical (unpaired) electrons. The molecule has 2 unspecified atom stereocenters. The summed E-state index contributed by atoms with van der Waals surface area (Å²) >= 11 is 1.24. The molecule has 0 spiro atoms. The highest BCUT2D eigenvalue weighted by atomic mass is 32.2. The topological polar surface area (TPSA) is 93.4 Å². The van der Waals surface area contributed by atoms with Crippen molar-refractivity contribution in [1.29, 1.82) is 0 Å². The summed E-state index contributed by atoms with van der Waals surface area (Å²) in [5.41, 5.74) is 0. The summed E-state index contributed by atoms with van der Waals surface area (Å²) < 4.78 is 28.9. The Labute approximate surface area is 140 Å². The van der Waals surface area contributed by atoms with Crippen LogP contribution in [-0.4, -0.2) is 58.8 Å². The molecule has 1 aliphatic heterocycles. The van der Waals surface area contributed by atoms with Crippen LogP contribution in [0.25, 0.3) is 0 Å². The number of aromatic nitrogens is 2. The van der Waals surface area contributed by atoms with E-state index < -0.39 is 9.84 Å². The average Bonchev–Trinajstić information content (AvgIpc) is 3.15. The van der Waals surface area contributed by atoms with Crippen molar-refractivity contribution in [3.8, 4) is 0 Å². The summed E-state index contributed by atoms with van der Waals surface area (Å²) in [4.78, 5) is 14.3. The zero-order valence-corrected chi connectivity index (χ0v) is 14.9. The van der Waals surface area contributed by atoms with E-state index in [1.165, 1.54) is 11.8 Å². The summed E-state index contributed by atoms with van der Waals surface area (Å²) in [5, 5.41) is 8.02. The lowest BCUT2D eigenvalue weighted by Crippen LogP contribution is -2.44. The van der Waals surface area contributed by atoms with Crippen molar-refractivity contribution in [3.05, 3.63) is 5.89 Å². The normalized spacial score (nSPS) is 24.5. The Morgan fingerprint density at radius 2 is 2.13 bits per heavy atom. The zero-order chi connectivity index (χ0) is 16.6. The number of carbonyl (C=O) groups excluding carboxylic acids is 1. The second-order valence-corrected chi connectivity index (χ2v) is 9.64. The van der Waals surface area contributed by atoms with Crippen LogP contribution in [0.3, 0.4) is 0 Å². The molecule has 2 aliphatic rings. The summed E-state index contributed by atoms with van der Waals surface area (Å²) in [6, 6.07) is -0.217. The van der Waals surface area contributed by atoms with E-state index in [1.54, 1.807) is 11.8 Å². The lowest BCUT2D eigenvalue weighted by atomic mass is 10.2. The van der Waals surface area contributed by atoms with E-state index in [4.69, 9.17) is 4.42 Å². The number of rotatable bonds is 6. The van der Waals surface area contributed by atoms with Gasteiger partial charge in [0.2, 0.25) is 11.8 Å². The molecule has 3 rings (SSSR count). The molecule has 1 aromatic heterocycles. The van der Waals surface area contributed by atoms with Crippen LogP contribution in [0.2, 0.25) is 0 Å². The van der Waals surface area contributed by atoms with Gasteiger partial charge in [0.05, 0.1) is 16.8 Å². The molecular formula is C14H21N3O4S2. The van der Waals surface area contributed by atoms with Crippen molar-refractivity contribution in [2.75, 3.05) is 18.1 Å². The minimum atomic E-state index is -3.01. The molecule has 1 aliphatic carbocycles. The Morgan fingerprint density at radius 3 is 2.70 bits per heavy atom. The molecule has 23 heavy (non-hydrogen) atoms. The fourth-order valence-corrected chi connectivity index (χ4v) is 5.30. The van der Waals surface area contributed by atoms with E-state index in [2.05, 4.69) is 10.2 Å². The number of thioether (sulfide) groups is 1. The Morgan fingerprint density at radius 1 is 1.39 bits per heavy atom. The molecule has 1 aromatic rings. The van der Waals surface area contributed by atoms with Crippen LogP contribution in [0.4, 0.5) is 0 Å². The van der Waals surface area contributed by atoms with Crippen LogP contribution >= 0.6 is 11.8 Å². The third kappa shape index (κ3) is 3.88. The number of amides is 1. The van der Waals surface area contributed by atoms with Gasteiger partial charge in [0.25, 0.3) is 5.22 Å². The van der Waals surface area contributed by atoms with E-state index in [-0.39, 0.29) is 28.7 Å². The first-order chi connectivity index (χ1) is 10.9. The van der Waals surface area contributed by atoms with Gasteiger partial charge in [-0.05, 0) is 33.1 Å². The minimum Gasteiger partial charge on any atom is -0.416 e. The van der Waals surface area contributed by atoms with Gasteiger partial charge < -0.3 is 9.32 Å². The fourth-order valence-electron chi connectivity index (χ4n) is 2.81. The monoisotopic (exact) mass is 359 g/mol. The van der Waals surface area contributed by atoms with E-state index in [0.29, 0.717) is 30.0 Å². The highest BCUT2D eigenvalue weighted by molar-refractivity contribution is 8.00. The van der Waals surface area contributed by atoms with E-state index >= 15 is 0 Å². The van der Waals surface area contributed by atoms with E-state index in [9.17, 15) is 13.2 Å². The standard InChI is InChI=1S/C14H21N3O4S2/c1-3-17(11-6-7-23(19,20)8-11)13(18)9(2)22-14-16-15-12(21-14)10-4-5-10/h9-11H,3-8H2,1-2H3. The molecule has 1 saturated heterocycles.